The number of rotatable bonds is 2. The van der Waals surface area contributed by atoms with Crippen molar-refractivity contribution in [2.75, 3.05) is 13.1 Å². The lowest BCUT2D eigenvalue weighted by atomic mass is 10.1. The topological polar surface area (TPSA) is 20.5 Å². The summed E-state index contributed by atoms with van der Waals surface area (Å²) in [4.78, 5) is 7.13. The van der Waals surface area contributed by atoms with Crippen LogP contribution in [0.15, 0.2) is 30.6 Å². The van der Waals surface area contributed by atoms with E-state index in [0.717, 1.165) is 12.2 Å². The van der Waals surface area contributed by atoms with Crippen LogP contribution in [0.3, 0.4) is 0 Å². The Labute approximate surface area is 95.7 Å². The molecule has 2 aromatic heterocycles. The molecule has 0 amide bonds. The normalized spacial score (nSPS) is 18.0. The predicted molar refractivity (Wildman–Crippen MR) is 64.3 cm³/mol. The van der Waals surface area contributed by atoms with Crippen molar-refractivity contribution in [3.63, 3.8) is 0 Å². The lowest BCUT2D eigenvalue weighted by molar-refractivity contribution is 0.219. The molecule has 0 spiro atoms. The first-order chi connectivity index (χ1) is 7.92. The molecule has 3 rings (SSSR count). The van der Waals surface area contributed by atoms with Gasteiger partial charge in [0.1, 0.15) is 5.65 Å². The quantitative estimate of drug-likeness (QED) is 0.766. The van der Waals surface area contributed by atoms with E-state index in [2.05, 4.69) is 32.7 Å². The zero-order chi connectivity index (χ0) is 10.8. The monoisotopic (exact) mass is 215 g/mol. The largest absolute Gasteiger partial charge is 0.307 e. The van der Waals surface area contributed by atoms with Crippen LogP contribution in [0.4, 0.5) is 0 Å². The van der Waals surface area contributed by atoms with Gasteiger partial charge in [-0.15, -0.1) is 0 Å². The molecule has 0 aliphatic carbocycles. The standard InChI is InChI=1S/C13H17N3/c1-3-7-15(8-4-1)10-12-11-16-9-5-2-6-13(16)14-12/h2,5-6,9,11H,1,3-4,7-8,10H2. The molecule has 0 N–H and O–H groups in total. The van der Waals surface area contributed by atoms with Gasteiger partial charge >= 0.3 is 0 Å². The highest BCUT2D eigenvalue weighted by Gasteiger charge is 2.11. The first kappa shape index (κ1) is 9.85. The summed E-state index contributed by atoms with van der Waals surface area (Å²) in [5.74, 6) is 0. The van der Waals surface area contributed by atoms with Crippen LogP contribution in [-0.2, 0) is 6.54 Å². The van der Waals surface area contributed by atoms with Crippen LogP contribution in [0.1, 0.15) is 25.0 Å². The van der Waals surface area contributed by atoms with E-state index >= 15 is 0 Å². The average Bonchev–Trinajstić information content (AvgIpc) is 2.72. The van der Waals surface area contributed by atoms with Gasteiger partial charge in [-0.2, -0.15) is 0 Å². The minimum absolute atomic E-state index is 1.00. The zero-order valence-corrected chi connectivity index (χ0v) is 9.47. The summed E-state index contributed by atoms with van der Waals surface area (Å²) in [6, 6.07) is 6.13. The van der Waals surface area contributed by atoms with Crippen LogP contribution in [0.25, 0.3) is 5.65 Å². The maximum absolute atomic E-state index is 4.63. The van der Waals surface area contributed by atoms with Crippen molar-refractivity contribution in [3.05, 3.63) is 36.3 Å². The van der Waals surface area contributed by atoms with Gasteiger partial charge in [0.25, 0.3) is 0 Å². The second kappa shape index (κ2) is 4.26. The van der Waals surface area contributed by atoms with Gasteiger partial charge in [-0.1, -0.05) is 12.5 Å². The number of likely N-dealkylation sites (tertiary alicyclic amines) is 1. The van der Waals surface area contributed by atoms with Crippen LogP contribution in [0, 0.1) is 0 Å². The van der Waals surface area contributed by atoms with E-state index in [1.54, 1.807) is 0 Å². The molecule has 84 valence electrons. The van der Waals surface area contributed by atoms with Gasteiger partial charge in [-0.3, -0.25) is 4.90 Å². The van der Waals surface area contributed by atoms with Gasteiger partial charge in [0.05, 0.1) is 5.69 Å². The summed E-state index contributed by atoms with van der Waals surface area (Å²) in [5.41, 5.74) is 2.24. The smallest absolute Gasteiger partial charge is 0.137 e. The van der Waals surface area contributed by atoms with Gasteiger partial charge in [-0.05, 0) is 38.1 Å². The molecule has 1 fully saturated rings. The Morgan fingerprint density at radius 2 is 2.00 bits per heavy atom. The van der Waals surface area contributed by atoms with Crippen molar-refractivity contribution in [2.24, 2.45) is 0 Å². The summed E-state index contributed by atoms with van der Waals surface area (Å²) in [5, 5.41) is 0. The molecular weight excluding hydrogens is 198 g/mol. The lowest BCUT2D eigenvalue weighted by Gasteiger charge is -2.25. The van der Waals surface area contributed by atoms with Gasteiger partial charge in [0.2, 0.25) is 0 Å². The Hall–Kier alpha value is -1.35. The number of pyridine rings is 1. The van der Waals surface area contributed by atoms with Crippen molar-refractivity contribution < 1.29 is 0 Å². The van der Waals surface area contributed by atoms with Crippen LogP contribution in [0.2, 0.25) is 0 Å². The van der Waals surface area contributed by atoms with Crippen molar-refractivity contribution >= 4 is 5.65 Å². The summed E-state index contributed by atoms with van der Waals surface area (Å²) >= 11 is 0. The van der Waals surface area contributed by atoms with E-state index in [1.807, 2.05) is 12.1 Å². The third-order valence-corrected chi connectivity index (χ3v) is 3.25. The Balaban J connectivity index is 1.78. The number of hydrogen-bond donors (Lipinski definition) is 0. The molecule has 0 atom stereocenters. The zero-order valence-electron chi connectivity index (χ0n) is 9.47. The molecule has 0 bridgehead atoms. The SMILES string of the molecule is c1ccn2cc(CN3CCCCC3)nc2c1. The molecule has 1 aliphatic heterocycles. The summed E-state index contributed by atoms with van der Waals surface area (Å²) in [6.45, 7) is 3.46. The number of piperidine rings is 1. The highest BCUT2D eigenvalue weighted by Crippen LogP contribution is 2.13. The van der Waals surface area contributed by atoms with E-state index in [9.17, 15) is 0 Å². The molecule has 16 heavy (non-hydrogen) atoms. The molecule has 2 aromatic rings. The Morgan fingerprint density at radius 3 is 2.81 bits per heavy atom. The van der Waals surface area contributed by atoms with Gasteiger partial charge in [-0.25, -0.2) is 4.98 Å². The number of fused-ring (bicyclic) bond motifs is 1. The van der Waals surface area contributed by atoms with E-state index in [4.69, 9.17) is 0 Å². The Morgan fingerprint density at radius 1 is 1.12 bits per heavy atom. The third-order valence-electron chi connectivity index (χ3n) is 3.25. The predicted octanol–water partition coefficient (Wildman–Crippen LogP) is 2.32. The first-order valence-corrected chi connectivity index (χ1v) is 6.07. The number of nitrogens with zero attached hydrogens (tertiary/aromatic N) is 3. The fourth-order valence-corrected chi connectivity index (χ4v) is 2.41. The molecule has 3 nitrogen and oxygen atoms in total. The maximum atomic E-state index is 4.63. The Kier molecular flexibility index (Phi) is 2.62. The van der Waals surface area contributed by atoms with E-state index in [-0.39, 0.29) is 0 Å². The van der Waals surface area contributed by atoms with Crippen LogP contribution in [-0.4, -0.2) is 27.4 Å². The summed E-state index contributed by atoms with van der Waals surface area (Å²) < 4.78 is 2.10. The summed E-state index contributed by atoms with van der Waals surface area (Å²) in [6.07, 6.45) is 8.27. The van der Waals surface area contributed by atoms with E-state index in [0.29, 0.717) is 0 Å². The van der Waals surface area contributed by atoms with Crippen LogP contribution >= 0.6 is 0 Å². The molecule has 0 radical (unpaired) electrons. The average molecular weight is 215 g/mol. The van der Waals surface area contributed by atoms with Crippen molar-refractivity contribution in [1.82, 2.24) is 14.3 Å². The van der Waals surface area contributed by atoms with Gasteiger partial charge in [0, 0.05) is 18.9 Å². The fourth-order valence-electron chi connectivity index (χ4n) is 2.41. The first-order valence-electron chi connectivity index (χ1n) is 6.07. The van der Waals surface area contributed by atoms with Gasteiger partial charge < -0.3 is 4.40 Å². The molecule has 1 aliphatic rings. The minimum atomic E-state index is 1.00. The molecule has 0 aromatic carbocycles. The molecule has 3 heteroatoms. The molecule has 0 unspecified atom stereocenters. The fraction of sp³-hybridized carbons (Fsp3) is 0.462. The van der Waals surface area contributed by atoms with Crippen molar-refractivity contribution in [3.8, 4) is 0 Å². The highest BCUT2D eigenvalue weighted by atomic mass is 15.1. The molecule has 3 heterocycles. The van der Waals surface area contributed by atoms with E-state index in [1.165, 1.54) is 38.0 Å². The second-order valence-electron chi connectivity index (χ2n) is 4.54. The van der Waals surface area contributed by atoms with Gasteiger partial charge in [0.15, 0.2) is 0 Å². The summed E-state index contributed by atoms with van der Waals surface area (Å²) in [7, 11) is 0. The van der Waals surface area contributed by atoms with Crippen LogP contribution < -0.4 is 0 Å². The second-order valence-corrected chi connectivity index (χ2v) is 4.54. The third kappa shape index (κ3) is 1.95. The van der Waals surface area contributed by atoms with Crippen molar-refractivity contribution in [1.29, 1.82) is 0 Å². The molecule has 0 saturated carbocycles. The number of hydrogen-bond acceptors (Lipinski definition) is 2. The number of imidazole rings is 1. The molecule has 1 saturated heterocycles. The van der Waals surface area contributed by atoms with Crippen molar-refractivity contribution in [2.45, 2.75) is 25.8 Å². The van der Waals surface area contributed by atoms with E-state index < -0.39 is 0 Å². The van der Waals surface area contributed by atoms with Crippen LogP contribution in [0.5, 0.6) is 0 Å². The maximum Gasteiger partial charge on any atom is 0.137 e. The Bertz CT molecular complexity index is 436. The molecular formula is C13H17N3. The lowest BCUT2D eigenvalue weighted by Crippen LogP contribution is -2.29. The minimum Gasteiger partial charge on any atom is -0.307 e. The number of aromatic nitrogens is 2. The highest BCUT2D eigenvalue weighted by molar-refractivity contribution is 5.39.